The van der Waals surface area contributed by atoms with Crippen molar-refractivity contribution in [2.24, 2.45) is 5.92 Å². The molecule has 2 aliphatic heterocycles. The van der Waals surface area contributed by atoms with E-state index in [1.807, 2.05) is 48.2 Å². The second kappa shape index (κ2) is 7.32. The molecule has 5 nitrogen and oxygen atoms in total. The number of hydrogen-bond donors (Lipinski definition) is 0. The molecule has 154 valence electrons. The van der Waals surface area contributed by atoms with Crippen molar-refractivity contribution in [1.29, 1.82) is 0 Å². The number of hydrogen-bond acceptors (Lipinski definition) is 4. The lowest BCUT2D eigenvalue weighted by atomic mass is 9.89. The topological polar surface area (TPSA) is 39.7 Å². The second-order valence-electron chi connectivity index (χ2n) is 9.03. The zero-order valence-corrected chi connectivity index (χ0v) is 17.6. The number of pyridine rings is 1. The molecule has 0 bridgehead atoms. The number of amides is 1. The Kier molecular flexibility index (Phi) is 4.97. The summed E-state index contributed by atoms with van der Waals surface area (Å²) in [5.41, 5.74) is 1.68. The molecule has 1 amide bonds. The van der Waals surface area contributed by atoms with Gasteiger partial charge >= 0.3 is 0 Å². The highest BCUT2D eigenvalue weighted by Crippen LogP contribution is 2.44. The van der Waals surface area contributed by atoms with Gasteiger partial charge < -0.3 is 14.7 Å². The molecule has 0 spiro atoms. The quantitative estimate of drug-likeness (QED) is 0.791. The molecule has 3 heterocycles. The van der Waals surface area contributed by atoms with Gasteiger partial charge in [0.15, 0.2) is 0 Å². The number of aromatic nitrogens is 1. The van der Waals surface area contributed by atoms with E-state index in [0.29, 0.717) is 17.5 Å². The van der Waals surface area contributed by atoms with Crippen molar-refractivity contribution in [3.05, 3.63) is 54.0 Å². The summed E-state index contributed by atoms with van der Waals surface area (Å²) in [5.74, 6) is 1.09. The Morgan fingerprint density at radius 3 is 2.52 bits per heavy atom. The SMILES string of the molecule is CN(C)c1ccc(C(=O)N2CC[C@H]3[C@@H](C2)CC(C)(C)N3c2ccc(F)cc2)cn1. The molecule has 0 aliphatic carbocycles. The summed E-state index contributed by atoms with van der Waals surface area (Å²) in [6.07, 6.45) is 3.60. The fourth-order valence-corrected chi connectivity index (χ4v) is 5.04. The van der Waals surface area contributed by atoms with Crippen LogP contribution in [0.1, 0.15) is 37.0 Å². The van der Waals surface area contributed by atoms with E-state index < -0.39 is 0 Å². The molecule has 1 aromatic heterocycles. The number of halogens is 1. The highest BCUT2D eigenvalue weighted by atomic mass is 19.1. The third kappa shape index (κ3) is 3.68. The molecule has 0 N–H and O–H groups in total. The zero-order valence-electron chi connectivity index (χ0n) is 17.6. The fourth-order valence-electron chi connectivity index (χ4n) is 5.04. The Morgan fingerprint density at radius 2 is 1.90 bits per heavy atom. The molecular formula is C23H29FN4O. The molecule has 1 aromatic carbocycles. The van der Waals surface area contributed by atoms with Crippen LogP contribution < -0.4 is 9.80 Å². The van der Waals surface area contributed by atoms with E-state index in [1.54, 1.807) is 6.20 Å². The van der Waals surface area contributed by atoms with Gasteiger partial charge in [0.1, 0.15) is 11.6 Å². The van der Waals surface area contributed by atoms with E-state index in [4.69, 9.17) is 0 Å². The van der Waals surface area contributed by atoms with Gasteiger partial charge in [-0.1, -0.05) is 0 Å². The first-order valence-electron chi connectivity index (χ1n) is 10.2. The minimum Gasteiger partial charge on any atom is -0.363 e. The molecule has 2 saturated heterocycles. The molecule has 29 heavy (non-hydrogen) atoms. The van der Waals surface area contributed by atoms with Crippen LogP contribution in [0.25, 0.3) is 0 Å². The maximum atomic E-state index is 13.4. The number of carbonyl (C=O) groups excluding carboxylic acids is 1. The monoisotopic (exact) mass is 396 g/mol. The van der Waals surface area contributed by atoms with Crippen LogP contribution in [-0.4, -0.2) is 54.6 Å². The Hall–Kier alpha value is -2.63. The Balaban J connectivity index is 1.50. The maximum Gasteiger partial charge on any atom is 0.255 e. The number of likely N-dealkylation sites (tertiary alicyclic amines) is 1. The lowest BCUT2D eigenvalue weighted by Gasteiger charge is -2.42. The molecule has 2 fully saturated rings. The van der Waals surface area contributed by atoms with Gasteiger partial charge in [0.2, 0.25) is 0 Å². The van der Waals surface area contributed by atoms with Crippen LogP contribution in [0.5, 0.6) is 0 Å². The van der Waals surface area contributed by atoms with Gasteiger partial charge in [-0.05, 0) is 69.0 Å². The number of nitrogens with zero attached hydrogens (tertiary/aromatic N) is 4. The van der Waals surface area contributed by atoms with Gasteiger partial charge in [0.05, 0.1) is 5.56 Å². The molecule has 0 radical (unpaired) electrons. The zero-order chi connectivity index (χ0) is 20.8. The largest absolute Gasteiger partial charge is 0.363 e. The lowest BCUT2D eigenvalue weighted by Crippen LogP contribution is -2.50. The summed E-state index contributed by atoms with van der Waals surface area (Å²) in [4.78, 5) is 23.7. The van der Waals surface area contributed by atoms with Crippen molar-refractivity contribution in [3.8, 4) is 0 Å². The highest BCUT2D eigenvalue weighted by molar-refractivity contribution is 5.94. The number of anilines is 2. The first-order chi connectivity index (χ1) is 13.8. The van der Waals surface area contributed by atoms with Gasteiger partial charge in [-0.25, -0.2) is 9.37 Å². The predicted octanol–water partition coefficient (Wildman–Crippen LogP) is 3.81. The predicted molar refractivity (Wildman–Crippen MR) is 114 cm³/mol. The van der Waals surface area contributed by atoms with Gasteiger partial charge in [-0.15, -0.1) is 0 Å². The normalized spacial score (nSPS) is 23.1. The third-order valence-electron chi connectivity index (χ3n) is 6.28. The van der Waals surface area contributed by atoms with Crippen LogP contribution in [0.2, 0.25) is 0 Å². The number of benzene rings is 1. The van der Waals surface area contributed by atoms with E-state index in [2.05, 4.69) is 23.7 Å². The van der Waals surface area contributed by atoms with E-state index in [9.17, 15) is 9.18 Å². The van der Waals surface area contributed by atoms with Crippen LogP contribution in [0.3, 0.4) is 0 Å². The molecule has 6 heteroatoms. The average molecular weight is 397 g/mol. The Bertz CT molecular complexity index is 879. The number of carbonyl (C=O) groups is 1. The molecule has 2 aliphatic rings. The standard InChI is InChI=1S/C23H29FN4O/c1-23(2)13-17-15-27(22(29)16-5-10-21(25-14-16)26(3)4)12-11-20(17)28(23)19-8-6-18(24)7-9-19/h5-10,14,17,20H,11-13,15H2,1-4H3/t17-,20+/m1/s1. The first kappa shape index (κ1) is 19.7. The Labute approximate surface area is 172 Å². The molecule has 2 atom stereocenters. The maximum absolute atomic E-state index is 13.4. The summed E-state index contributed by atoms with van der Waals surface area (Å²) in [6.45, 7) is 5.96. The summed E-state index contributed by atoms with van der Waals surface area (Å²) in [6, 6.07) is 10.9. The van der Waals surface area contributed by atoms with Crippen LogP contribution >= 0.6 is 0 Å². The van der Waals surface area contributed by atoms with Crippen LogP contribution in [-0.2, 0) is 0 Å². The summed E-state index contributed by atoms with van der Waals surface area (Å²) in [5, 5.41) is 0. The van der Waals surface area contributed by atoms with Gasteiger partial charge in [-0.3, -0.25) is 4.79 Å². The van der Waals surface area contributed by atoms with Crippen molar-refractivity contribution in [3.63, 3.8) is 0 Å². The van der Waals surface area contributed by atoms with E-state index in [0.717, 1.165) is 37.4 Å². The van der Waals surface area contributed by atoms with Gasteiger partial charge in [-0.2, -0.15) is 0 Å². The second-order valence-corrected chi connectivity index (χ2v) is 9.03. The molecular weight excluding hydrogens is 367 g/mol. The van der Waals surface area contributed by atoms with Crippen molar-refractivity contribution in [2.45, 2.75) is 38.3 Å². The summed E-state index contributed by atoms with van der Waals surface area (Å²) >= 11 is 0. The van der Waals surface area contributed by atoms with Crippen molar-refractivity contribution >= 4 is 17.4 Å². The van der Waals surface area contributed by atoms with Crippen molar-refractivity contribution < 1.29 is 9.18 Å². The smallest absolute Gasteiger partial charge is 0.255 e. The van der Waals surface area contributed by atoms with Crippen molar-refractivity contribution in [1.82, 2.24) is 9.88 Å². The molecule has 0 unspecified atom stereocenters. The van der Waals surface area contributed by atoms with Gasteiger partial charge in [0, 0.05) is 50.6 Å². The van der Waals surface area contributed by atoms with Crippen LogP contribution in [0, 0.1) is 11.7 Å². The van der Waals surface area contributed by atoms with Crippen molar-refractivity contribution in [2.75, 3.05) is 37.0 Å². The minimum absolute atomic E-state index is 0.0267. The average Bonchev–Trinajstić information content (AvgIpc) is 2.97. The molecule has 2 aromatic rings. The van der Waals surface area contributed by atoms with Gasteiger partial charge in [0.25, 0.3) is 5.91 Å². The van der Waals surface area contributed by atoms with Crippen LogP contribution in [0.4, 0.5) is 15.9 Å². The van der Waals surface area contributed by atoms with E-state index in [1.165, 1.54) is 12.1 Å². The summed E-state index contributed by atoms with van der Waals surface area (Å²) in [7, 11) is 3.87. The highest BCUT2D eigenvalue weighted by Gasteiger charge is 2.48. The summed E-state index contributed by atoms with van der Waals surface area (Å²) < 4.78 is 13.4. The molecule has 0 saturated carbocycles. The van der Waals surface area contributed by atoms with E-state index >= 15 is 0 Å². The number of piperidine rings is 1. The van der Waals surface area contributed by atoms with Crippen LogP contribution in [0.15, 0.2) is 42.6 Å². The minimum atomic E-state index is -0.211. The van der Waals surface area contributed by atoms with E-state index in [-0.39, 0.29) is 17.3 Å². The first-order valence-corrected chi connectivity index (χ1v) is 10.2. The fraction of sp³-hybridized carbons (Fsp3) is 0.478. The lowest BCUT2D eigenvalue weighted by molar-refractivity contribution is 0.0667. The number of fused-ring (bicyclic) bond motifs is 1. The Morgan fingerprint density at radius 1 is 1.17 bits per heavy atom. The molecule has 4 rings (SSSR count). The number of rotatable bonds is 3. The third-order valence-corrected chi connectivity index (χ3v) is 6.28.